The molecule has 0 aliphatic carbocycles. The molecule has 0 aromatic heterocycles. The molecule has 0 radical (unpaired) electrons. The number of esters is 1. The van der Waals surface area contributed by atoms with Crippen molar-refractivity contribution in [3.8, 4) is 0 Å². The van der Waals surface area contributed by atoms with E-state index < -0.39 is 23.7 Å². The smallest absolute Gasteiger partial charge is 0.308 e. The van der Waals surface area contributed by atoms with Crippen LogP contribution in [0.4, 0.5) is 0 Å². The molecule has 2 atom stereocenters. The van der Waals surface area contributed by atoms with E-state index in [-0.39, 0.29) is 6.42 Å². The zero-order valence-electron chi connectivity index (χ0n) is 8.98. The third-order valence-electron chi connectivity index (χ3n) is 1.49. The van der Waals surface area contributed by atoms with Crippen LogP contribution in [0.2, 0.25) is 0 Å². The van der Waals surface area contributed by atoms with Gasteiger partial charge < -0.3 is 9.84 Å². The van der Waals surface area contributed by atoms with E-state index >= 15 is 0 Å². The van der Waals surface area contributed by atoms with Crippen LogP contribution in [0.15, 0.2) is 5.18 Å². The monoisotopic (exact) mass is 203 g/mol. The van der Waals surface area contributed by atoms with Crippen molar-refractivity contribution in [2.75, 3.05) is 0 Å². The fraction of sp³-hybridized carbons (Fsp3) is 0.889. The van der Waals surface area contributed by atoms with Crippen LogP contribution in [0.1, 0.15) is 34.1 Å². The maximum absolute atomic E-state index is 11.2. The van der Waals surface area contributed by atoms with E-state index in [1.165, 1.54) is 6.92 Å². The summed E-state index contributed by atoms with van der Waals surface area (Å²) in [5, 5.41) is 11.7. The second kappa shape index (κ2) is 5.05. The number of hydrogen-bond donors (Lipinski definition) is 1. The molecule has 2 unspecified atom stereocenters. The number of rotatable bonds is 4. The minimum Gasteiger partial charge on any atom is -0.460 e. The fourth-order valence-electron chi connectivity index (χ4n) is 0.850. The van der Waals surface area contributed by atoms with E-state index in [1.807, 2.05) is 0 Å². The third kappa shape index (κ3) is 5.64. The number of aliphatic hydroxyl groups excluding tert-OH is 1. The molecule has 0 spiro atoms. The van der Waals surface area contributed by atoms with Gasteiger partial charge in [0.15, 0.2) is 0 Å². The van der Waals surface area contributed by atoms with Crippen molar-refractivity contribution in [3.63, 3.8) is 0 Å². The Kier molecular flexibility index (Phi) is 4.70. The maximum Gasteiger partial charge on any atom is 0.308 e. The Morgan fingerprint density at radius 3 is 2.29 bits per heavy atom. The molecule has 0 fully saturated rings. The second-order valence-corrected chi connectivity index (χ2v) is 4.20. The van der Waals surface area contributed by atoms with Crippen LogP contribution in [0.25, 0.3) is 0 Å². The molecular weight excluding hydrogens is 186 g/mol. The van der Waals surface area contributed by atoms with Gasteiger partial charge in [-0.05, 0) is 27.7 Å². The van der Waals surface area contributed by atoms with Crippen LogP contribution in [0.3, 0.4) is 0 Å². The Hall–Kier alpha value is -0.970. The van der Waals surface area contributed by atoms with Gasteiger partial charge in [-0.15, -0.1) is 0 Å². The van der Waals surface area contributed by atoms with Gasteiger partial charge in [0.05, 0.1) is 12.5 Å². The van der Waals surface area contributed by atoms with Crippen LogP contribution < -0.4 is 0 Å². The highest BCUT2D eigenvalue weighted by molar-refractivity contribution is 5.70. The number of carbonyl (C=O) groups excluding carboxylic acids is 1. The van der Waals surface area contributed by atoms with Crippen molar-refractivity contribution in [2.45, 2.75) is 51.9 Å². The summed E-state index contributed by atoms with van der Waals surface area (Å²) >= 11 is 0. The number of aliphatic hydroxyl groups is 1. The van der Waals surface area contributed by atoms with Gasteiger partial charge in [-0.3, -0.25) is 4.79 Å². The lowest BCUT2D eigenvalue weighted by Crippen LogP contribution is -2.29. The first-order valence-electron chi connectivity index (χ1n) is 4.48. The molecule has 0 bridgehead atoms. The zero-order chi connectivity index (χ0) is 11.4. The average Bonchev–Trinajstić information content (AvgIpc) is 1.96. The minimum absolute atomic E-state index is 0.182. The number of nitroso groups, excluding NO2 is 1. The normalized spacial score (nSPS) is 15.8. The van der Waals surface area contributed by atoms with Gasteiger partial charge in [0, 0.05) is 0 Å². The van der Waals surface area contributed by atoms with Gasteiger partial charge in [-0.1, -0.05) is 5.18 Å². The molecule has 0 saturated heterocycles. The lowest BCUT2D eigenvalue weighted by Gasteiger charge is -2.20. The van der Waals surface area contributed by atoms with Gasteiger partial charge in [0.2, 0.25) is 0 Å². The summed E-state index contributed by atoms with van der Waals surface area (Å²) in [5.74, 6) is -0.525. The summed E-state index contributed by atoms with van der Waals surface area (Å²) in [7, 11) is 0. The van der Waals surface area contributed by atoms with E-state index in [0.717, 1.165) is 0 Å². The molecule has 0 saturated carbocycles. The summed E-state index contributed by atoms with van der Waals surface area (Å²) < 4.78 is 4.97. The van der Waals surface area contributed by atoms with Crippen LogP contribution in [0, 0.1) is 4.91 Å². The molecular formula is C9H17NO4. The number of ether oxygens (including phenoxy) is 1. The van der Waals surface area contributed by atoms with Gasteiger partial charge in [-0.2, -0.15) is 4.91 Å². The summed E-state index contributed by atoms with van der Waals surface area (Å²) in [6.07, 6.45) is -1.11. The van der Waals surface area contributed by atoms with Gasteiger partial charge >= 0.3 is 5.97 Å². The molecule has 0 aliphatic heterocycles. The van der Waals surface area contributed by atoms with Crippen molar-refractivity contribution < 1.29 is 14.6 Å². The topological polar surface area (TPSA) is 76.0 Å². The van der Waals surface area contributed by atoms with Gasteiger partial charge in [-0.25, -0.2) is 0 Å². The van der Waals surface area contributed by atoms with Gasteiger partial charge in [0.1, 0.15) is 11.6 Å². The van der Waals surface area contributed by atoms with E-state index in [0.29, 0.717) is 0 Å². The first-order chi connectivity index (χ1) is 6.26. The Labute approximate surface area is 83.4 Å². The summed E-state index contributed by atoms with van der Waals surface area (Å²) in [4.78, 5) is 21.4. The Bertz CT molecular complexity index is 207. The summed E-state index contributed by atoms with van der Waals surface area (Å²) in [6, 6.07) is -0.926. The lowest BCUT2D eigenvalue weighted by atomic mass is 10.1. The van der Waals surface area contributed by atoms with E-state index in [4.69, 9.17) is 9.84 Å². The lowest BCUT2D eigenvalue weighted by molar-refractivity contribution is -0.155. The predicted molar refractivity (Wildman–Crippen MR) is 51.7 cm³/mol. The maximum atomic E-state index is 11.2. The highest BCUT2D eigenvalue weighted by Crippen LogP contribution is 2.11. The van der Waals surface area contributed by atoms with Crippen molar-refractivity contribution in [1.82, 2.24) is 0 Å². The number of nitrogens with zero attached hydrogens (tertiary/aromatic N) is 1. The predicted octanol–water partition coefficient (Wildman–Crippen LogP) is 1.23. The number of carbonyl (C=O) groups is 1. The average molecular weight is 203 g/mol. The van der Waals surface area contributed by atoms with Gasteiger partial charge in [0.25, 0.3) is 0 Å². The van der Waals surface area contributed by atoms with Crippen molar-refractivity contribution in [2.24, 2.45) is 5.18 Å². The zero-order valence-corrected chi connectivity index (χ0v) is 8.98. The highest BCUT2D eigenvalue weighted by Gasteiger charge is 2.23. The summed E-state index contributed by atoms with van der Waals surface area (Å²) in [5.41, 5.74) is -0.580. The largest absolute Gasteiger partial charge is 0.460 e. The SMILES string of the molecule is CC(O)C(CC(=O)OC(C)(C)C)N=O. The van der Waals surface area contributed by atoms with E-state index in [2.05, 4.69) is 5.18 Å². The van der Waals surface area contributed by atoms with Crippen LogP contribution >= 0.6 is 0 Å². The molecule has 0 aromatic rings. The van der Waals surface area contributed by atoms with E-state index in [9.17, 15) is 9.70 Å². The van der Waals surface area contributed by atoms with Crippen LogP contribution in [-0.2, 0) is 9.53 Å². The van der Waals surface area contributed by atoms with E-state index in [1.54, 1.807) is 20.8 Å². The molecule has 0 rings (SSSR count). The van der Waals surface area contributed by atoms with Crippen LogP contribution in [-0.4, -0.2) is 28.8 Å². The minimum atomic E-state index is -0.931. The molecule has 0 heterocycles. The highest BCUT2D eigenvalue weighted by atomic mass is 16.6. The molecule has 5 heteroatoms. The van der Waals surface area contributed by atoms with Crippen LogP contribution in [0.5, 0.6) is 0 Å². The Balaban J connectivity index is 4.11. The van der Waals surface area contributed by atoms with Crippen molar-refractivity contribution in [3.05, 3.63) is 4.91 Å². The Morgan fingerprint density at radius 1 is 1.50 bits per heavy atom. The Morgan fingerprint density at radius 2 is 2.00 bits per heavy atom. The summed E-state index contributed by atoms with van der Waals surface area (Å²) in [6.45, 7) is 6.61. The quantitative estimate of drug-likeness (QED) is 0.550. The van der Waals surface area contributed by atoms with Crippen molar-refractivity contribution >= 4 is 5.97 Å². The first kappa shape index (κ1) is 13.0. The van der Waals surface area contributed by atoms with Crippen molar-refractivity contribution in [1.29, 1.82) is 0 Å². The molecule has 5 nitrogen and oxygen atoms in total. The second-order valence-electron chi connectivity index (χ2n) is 4.20. The number of hydrogen-bond acceptors (Lipinski definition) is 5. The molecule has 1 N–H and O–H groups in total. The molecule has 0 aliphatic rings. The third-order valence-corrected chi connectivity index (χ3v) is 1.49. The molecule has 82 valence electrons. The standard InChI is InChI=1S/C9H17NO4/c1-6(11)7(10-13)5-8(12)14-9(2,3)4/h6-7,11H,5H2,1-4H3. The fourth-order valence-corrected chi connectivity index (χ4v) is 0.850. The molecule has 0 amide bonds. The molecule has 0 aromatic carbocycles. The first-order valence-corrected chi connectivity index (χ1v) is 4.48. The molecule has 14 heavy (non-hydrogen) atoms.